The summed E-state index contributed by atoms with van der Waals surface area (Å²) in [5.41, 5.74) is 0.835. The van der Waals surface area contributed by atoms with Crippen molar-refractivity contribution in [2.75, 3.05) is 18.5 Å². The lowest BCUT2D eigenvalue weighted by Gasteiger charge is -2.06. The molecule has 0 aliphatic carbocycles. The Balaban J connectivity index is 2.43. The Hall–Kier alpha value is -1.23. The Morgan fingerprint density at radius 3 is 3.00 bits per heavy atom. The second-order valence-corrected chi connectivity index (χ2v) is 2.99. The van der Waals surface area contributed by atoms with Gasteiger partial charge in [-0.1, -0.05) is 0 Å². The fourth-order valence-electron chi connectivity index (χ4n) is 1.11. The van der Waals surface area contributed by atoms with Gasteiger partial charge in [0.05, 0.1) is 6.61 Å². The van der Waals surface area contributed by atoms with E-state index in [1.54, 1.807) is 18.3 Å². The van der Waals surface area contributed by atoms with Gasteiger partial charge in [0, 0.05) is 12.7 Å². The van der Waals surface area contributed by atoms with Gasteiger partial charge in [-0.2, -0.15) is 0 Å². The van der Waals surface area contributed by atoms with Crippen molar-refractivity contribution in [3.8, 4) is 0 Å². The molecule has 1 N–H and O–H groups in total. The topological polar surface area (TPSA) is 34.1 Å². The number of alkyl halides is 2. The molecule has 0 aliphatic heterocycles. The molecule has 1 aromatic heterocycles. The molecule has 0 amide bonds. The summed E-state index contributed by atoms with van der Waals surface area (Å²) in [6, 6.07) is 3.53. The minimum Gasteiger partial charge on any atom is -0.371 e. The maximum atomic E-state index is 11.8. The van der Waals surface area contributed by atoms with Gasteiger partial charge in [-0.15, -0.1) is 0 Å². The molecule has 1 aromatic rings. The molecule has 3 nitrogen and oxygen atoms in total. The molecule has 15 heavy (non-hydrogen) atoms. The van der Waals surface area contributed by atoms with E-state index in [0.29, 0.717) is 0 Å². The Bertz CT molecular complexity index is 295. The van der Waals surface area contributed by atoms with Gasteiger partial charge in [0.15, 0.2) is 0 Å². The average molecular weight is 216 g/mol. The minimum atomic E-state index is -2.42. The van der Waals surface area contributed by atoms with Crippen LogP contribution in [0.25, 0.3) is 0 Å². The first kappa shape index (κ1) is 11.8. The van der Waals surface area contributed by atoms with Gasteiger partial charge in [-0.3, -0.25) is 0 Å². The number of rotatable bonds is 6. The van der Waals surface area contributed by atoms with Gasteiger partial charge in [0.25, 0.3) is 6.43 Å². The number of anilines is 1. The lowest BCUT2D eigenvalue weighted by atomic mass is 10.3. The first-order valence-corrected chi connectivity index (χ1v) is 4.77. The van der Waals surface area contributed by atoms with Crippen LogP contribution in [0.1, 0.15) is 12.5 Å². The molecule has 0 aromatic carbocycles. The molecule has 0 aliphatic rings. The Morgan fingerprint density at radius 1 is 1.53 bits per heavy atom. The van der Waals surface area contributed by atoms with Crippen LogP contribution in [0.2, 0.25) is 0 Å². The Morgan fingerprint density at radius 2 is 2.33 bits per heavy atom. The summed E-state index contributed by atoms with van der Waals surface area (Å²) in [4.78, 5) is 4.06. The Labute approximate surface area is 87.5 Å². The highest BCUT2D eigenvalue weighted by atomic mass is 19.3. The molecule has 0 atom stereocenters. The summed E-state index contributed by atoms with van der Waals surface area (Å²) in [5.74, 6) is 0.732. The van der Waals surface area contributed by atoms with Crippen molar-refractivity contribution in [3.63, 3.8) is 0 Å². The third-order valence-electron chi connectivity index (χ3n) is 1.69. The van der Waals surface area contributed by atoms with Crippen LogP contribution >= 0.6 is 0 Å². The normalized spacial score (nSPS) is 10.7. The van der Waals surface area contributed by atoms with Crippen molar-refractivity contribution in [2.24, 2.45) is 0 Å². The maximum Gasteiger partial charge on any atom is 0.261 e. The molecular weight excluding hydrogens is 202 g/mol. The number of nitrogens with one attached hydrogen (secondary N) is 1. The van der Waals surface area contributed by atoms with Crippen LogP contribution in [0.4, 0.5) is 14.6 Å². The van der Waals surface area contributed by atoms with E-state index in [1.807, 2.05) is 6.92 Å². The zero-order valence-corrected chi connectivity index (χ0v) is 8.54. The van der Waals surface area contributed by atoms with Crippen molar-refractivity contribution in [1.82, 2.24) is 4.98 Å². The molecular formula is C10H14F2N2O. The van der Waals surface area contributed by atoms with Crippen molar-refractivity contribution >= 4 is 5.82 Å². The van der Waals surface area contributed by atoms with Crippen LogP contribution < -0.4 is 5.32 Å². The van der Waals surface area contributed by atoms with E-state index in [4.69, 9.17) is 4.74 Å². The number of hydrogen-bond donors (Lipinski definition) is 1. The van der Waals surface area contributed by atoms with Gasteiger partial charge < -0.3 is 10.1 Å². The van der Waals surface area contributed by atoms with E-state index in [9.17, 15) is 8.78 Å². The zero-order chi connectivity index (χ0) is 11.1. The van der Waals surface area contributed by atoms with E-state index in [0.717, 1.165) is 17.9 Å². The van der Waals surface area contributed by atoms with Crippen LogP contribution in [-0.2, 0) is 11.3 Å². The van der Waals surface area contributed by atoms with E-state index in [2.05, 4.69) is 10.3 Å². The first-order valence-electron chi connectivity index (χ1n) is 4.77. The number of aromatic nitrogens is 1. The third kappa shape index (κ3) is 4.69. The molecule has 1 heterocycles. The van der Waals surface area contributed by atoms with E-state index in [-0.39, 0.29) is 6.61 Å². The van der Waals surface area contributed by atoms with Crippen molar-refractivity contribution < 1.29 is 13.5 Å². The number of nitrogens with zero attached hydrogens (tertiary/aromatic N) is 1. The predicted molar refractivity (Wildman–Crippen MR) is 54.1 cm³/mol. The van der Waals surface area contributed by atoms with Gasteiger partial charge in [-0.25, -0.2) is 13.8 Å². The number of hydrogen-bond acceptors (Lipinski definition) is 3. The smallest absolute Gasteiger partial charge is 0.261 e. The lowest BCUT2D eigenvalue weighted by molar-refractivity contribution is 0.00988. The molecule has 0 bridgehead atoms. The molecule has 0 spiro atoms. The zero-order valence-electron chi connectivity index (χ0n) is 8.54. The molecule has 84 valence electrons. The van der Waals surface area contributed by atoms with Crippen LogP contribution in [0.3, 0.4) is 0 Å². The third-order valence-corrected chi connectivity index (χ3v) is 1.69. The maximum absolute atomic E-state index is 11.8. The SMILES string of the molecule is CCNc1cc(COCC(F)F)ccn1. The fourth-order valence-corrected chi connectivity index (χ4v) is 1.11. The minimum absolute atomic E-state index is 0.186. The molecule has 0 fully saturated rings. The monoisotopic (exact) mass is 216 g/mol. The van der Waals surface area contributed by atoms with E-state index in [1.165, 1.54) is 0 Å². The van der Waals surface area contributed by atoms with Crippen LogP contribution in [0, 0.1) is 0 Å². The molecule has 0 unspecified atom stereocenters. The standard InChI is InChI=1S/C10H14F2N2O/c1-2-13-10-5-8(3-4-14-10)6-15-7-9(11)12/h3-5,9H,2,6-7H2,1H3,(H,13,14). The summed E-state index contributed by atoms with van der Waals surface area (Å²) in [5, 5.41) is 3.03. The van der Waals surface area contributed by atoms with Gasteiger partial charge in [0.1, 0.15) is 12.4 Å². The second kappa shape index (κ2) is 6.29. The fraction of sp³-hybridized carbons (Fsp3) is 0.500. The largest absolute Gasteiger partial charge is 0.371 e. The quantitative estimate of drug-likeness (QED) is 0.792. The molecule has 0 radical (unpaired) electrons. The summed E-state index contributed by atoms with van der Waals surface area (Å²) in [7, 11) is 0. The number of pyridine rings is 1. The average Bonchev–Trinajstić information content (AvgIpc) is 2.18. The first-order chi connectivity index (χ1) is 7.22. The second-order valence-electron chi connectivity index (χ2n) is 2.99. The van der Waals surface area contributed by atoms with Crippen molar-refractivity contribution in [1.29, 1.82) is 0 Å². The highest BCUT2D eigenvalue weighted by molar-refractivity contribution is 5.36. The lowest BCUT2D eigenvalue weighted by Crippen LogP contribution is -2.05. The van der Waals surface area contributed by atoms with Gasteiger partial charge in [0.2, 0.25) is 0 Å². The van der Waals surface area contributed by atoms with Crippen LogP contribution in [0.15, 0.2) is 18.3 Å². The molecule has 0 saturated carbocycles. The van der Waals surface area contributed by atoms with Crippen molar-refractivity contribution in [3.05, 3.63) is 23.9 Å². The molecule has 1 rings (SSSR count). The summed E-state index contributed by atoms with van der Waals surface area (Å²) < 4.78 is 28.4. The summed E-state index contributed by atoms with van der Waals surface area (Å²) in [6.45, 7) is 2.39. The molecule has 0 saturated heterocycles. The summed E-state index contributed by atoms with van der Waals surface area (Å²) in [6.07, 6.45) is -0.793. The van der Waals surface area contributed by atoms with E-state index < -0.39 is 13.0 Å². The highest BCUT2D eigenvalue weighted by Gasteiger charge is 2.02. The summed E-state index contributed by atoms with van der Waals surface area (Å²) >= 11 is 0. The highest BCUT2D eigenvalue weighted by Crippen LogP contribution is 2.08. The predicted octanol–water partition coefficient (Wildman–Crippen LogP) is 2.30. The van der Waals surface area contributed by atoms with E-state index >= 15 is 0 Å². The Kier molecular flexibility index (Phi) is 4.97. The number of ether oxygens (including phenoxy) is 1. The molecule has 5 heteroatoms. The van der Waals surface area contributed by atoms with Crippen LogP contribution in [-0.4, -0.2) is 24.6 Å². The van der Waals surface area contributed by atoms with Crippen LogP contribution in [0.5, 0.6) is 0 Å². The van der Waals surface area contributed by atoms with Gasteiger partial charge in [-0.05, 0) is 24.6 Å². The van der Waals surface area contributed by atoms with Crippen molar-refractivity contribution in [2.45, 2.75) is 20.0 Å². The van der Waals surface area contributed by atoms with Gasteiger partial charge >= 0.3 is 0 Å². The number of halogens is 2.